The molecule has 0 aliphatic carbocycles. The molecule has 0 radical (unpaired) electrons. The zero-order valence-electron chi connectivity index (χ0n) is 14.8. The summed E-state index contributed by atoms with van der Waals surface area (Å²) in [7, 11) is 0.0715. The number of benzene rings is 1. The molecule has 4 nitrogen and oxygen atoms in total. The second-order valence-electron chi connectivity index (χ2n) is 7.27. The SMILES string of the molecule is COc1ccc(Br)c(-c2cnn(C3CCCCO3)c2[Si](C)(C)C)c1. The predicted octanol–water partition coefficient (Wildman–Crippen LogP) is 4.57. The third kappa shape index (κ3) is 3.46. The van der Waals surface area contributed by atoms with Gasteiger partial charge in [0.1, 0.15) is 20.1 Å². The van der Waals surface area contributed by atoms with Crippen LogP contribution >= 0.6 is 15.9 Å². The molecule has 1 aliphatic rings. The summed E-state index contributed by atoms with van der Waals surface area (Å²) in [5, 5.41) is 6.08. The summed E-state index contributed by atoms with van der Waals surface area (Å²) in [4.78, 5) is 0. The van der Waals surface area contributed by atoms with Crippen LogP contribution in [0.2, 0.25) is 19.6 Å². The van der Waals surface area contributed by atoms with Crippen LogP contribution in [0.25, 0.3) is 11.1 Å². The highest BCUT2D eigenvalue weighted by Gasteiger charge is 2.31. The smallest absolute Gasteiger partial charge is 0.150 e. The second-order valence-corrected chi connectivity index (χ2v) is 13.1. The Morgan fingerprint density at radius 1 is 1.25 bits per heavy atom. The molecule has 2 heterocycles. The maximum Gasteiger partial charge on any atom is 0.150 e. The highest BCUT2D eigenvalue weighted by molar-refractivity contribution is 9.10. The van der Waals surface area contributed by atoms with Crippen LogP contribution in [-0.4, -0.2) is 31.6 Å². The van der Waals surface area contributed by atoms with Gasteiger partial charge in [-0.2, -0.15) is 5.10 Å². The van der Waals surface area contributed by atoms with Gasteiger partial charge in [-0.15, -0.1) is 0 Å². The number of nitrogens with zero attached hydrogens (tertiary/aromatic N) is 2. The van der Waals surface area contributed by atoms with E-state index in [1.807, 2.05) is 18.3 Å². The molecule has 0 saturated carbocycles. The number of methoxy groups -OCH3 is 1. The van der Waals surface area contributed by atoms with E-state index in [1.165, 1.54) is 17.3 Å². The lowest BCUT2D eigenvalue weighted by Crippen LogP contribution is -2.46. The first kappa shape index (κ1) is 17.7. The number of halogens is 1. The molecule has 1 saturated heterocycles. The van der Waals surface area contributed by atoms with Crippen molar-refractivity contribution in [1.29, 1.82) is 0 Å². The molecule has 1 aliphatic heterocycles. The lowest BCUT2D eigenvalue weighted by molar-refractivity contribution is -0.0376. The van der Waals surface area contributed by atoms with E-state index >= 15 is 0 Å². The van der Waals surface area contributed by atoms with Crippen molar-refractivity contribution < 1.29 is 9.47 Å². The number of rotatable bonds is 4. The van der Waals surface area contributed by atoms with Gasteiger partial charge in [-0.05, 0) is 37.5 Å². The Bertz CT molecular complexity index is 718. The van der Waals surface area contributed by atoms with Crippen LogP contribution in [0, 0.1) is 0 Å². The van der Waals surface area contributed by atoms with Gasteiger partial charge < -0.3 is 9.47 Å². The minimum Gasteiger partial charge on any atom is -0.497 e. The minimum atomic E-state index is -1.63. The lowest BCUT2D eigenvalue weighted by Gasteiger charge is -2.29. The Kier molecular flexibility index (Phi) is 5.18. The van der Waals surface area contributed by atoms with Gasteiger partial charge in [-0.25, -0.2) is 4.68 Å². The van der Waals surface area contributed by atoms with Gasteiger partial charge in [0.2, 0.25) is 0 Å². The van der Waals surface area contributed by atoms with Gasteiger partial charge in [-0.1, -0.05) is 35.6 Å². The number of aromatic nitrogens is 2. The first-order valence-corrected chi connectivity index (χ1v) is 12.7. The summed E-state index contributed by atoms with van der Waals surface area (Å²) < 4.78 is 14.6. The molecule has 1 aromatic carbocycles. The van der Waals surface area contributed by atoms with E-state index in [9.17, 15) is 0 Å². The highest BCUT2D eigenvalue weighted by Crippen LogP contribution is 2.33. The number of ether oxygens (including phenoxy) is 2. The molecular formula is C18H25BrN2O2Si. The largest absolute Gasteiger partial charge is 0.497 e. The molecule has 1 unspecified atom stereocenters. The fourth-order valence-corrected chi connectivity index (χ4v) is 5.64. The molecule has 0 amide bonds. The average Bonchev–Trinajstić information content (AvgIpc) is 3.01. The first-order valence-electron chi connectivity index (χ1n) is 8.45. The van der Waals surface area contributed by atoms with Crippen LogP contribution in [0.4, 0.5) is 0 Å². The van der Waals surface area contributed by atoms with E-state index in [0.29, 0.717) is 0 Å². The summed E-state index contributed by atoms with van der Waals surface area (Å²) in [5.74, 6) is 0.858. The van der Waals surface area contributed by atoms with Crippen molar-refractivity contribution in [3.63, 3.8) is 0 Å². The van der Waals surface area contributed by atoms with Crippen LogP contribution in [0.15, 0.2) is 28.9 Å². The van der Waals surface area contributed by atoms with Crippen molar-refractivity contribution in [2.45, 2.75) is 45.1 Å². The minimum absolute atomic E-state index is 0.0682. The van der Waals surface area contributed by atoms with Crippen LogP contribution in [-0.2, 0) is 4.74 Å². The molecule has 2 aromatic rings. The normalized spacial score (nSPS) is 18.6. The zero-order valence-corrected chi connectivity index (χ0v) is 17.4. The third-order valence-corrected chi connectivity index (χ3v) is 7.01. The van der Waals surface area contributed by atoms with E-state index in [0.717, 1.165) is 35.2 Å². The Balaban J connectivity index is 2.13. The Labute approximate surface area is 153 Å². The highest BCUT2D eigenvalue weighted by atomic mass is 79.9. The molecule has 1 aromatic heterocycles. The Morgan fingerprint density at radius 3 is 2.67 bits per heavy atom. The summed E-state index contributed by atoms with van der Waals surface area (Å²) in [6, 6.07) is 6.09. The molecule has 0 spiro atoms. The monoisotopic (exact) mass is 408 g/mol. The topological polar surface area (TPSA) is 36.3 Å². The van der Waals surface area contributed by atoms with Gasteiger partial charge >= 0.3 is 0 Å². The van der Waals surface area contributed by atoms with Crippen LogP contribution in [0.5, 0.6) is 5.75 Å². The Morgan fingerprint density at radius 2 is 2.04 bits per heavy atom. The van der Waals surface area contributed by atoms with E-state index in [4.69, 9.17) is 14.6 Å². The molecule has 1 fully saturated rings. The molecule has 3 rings (SSSR count). The van der Waals surface area contributed by atoms with Crippen molar-refractivity contribution in [3.05, 3.63) is 28.9 Å². The zero-order chi connectivity index (χ0) is 17.3. The average molecular weight is 409 g/mol. The van der Waals surface area contributed by atoms with Crippen LogP contribution in [0.3, 0.4) is 0 Å². The van der Waals surface area contributed by atoms with Gasteiger partial charge in [-0.3, -0.25) is 0 Å². The Hall–Kier alpha value is -1.11. The summed E-state index contributed by atoms with van der Waals surface area (Å²) in [6.07, 6.45) is 5.45. The van der Waals surface area contributed by atoms with Crippen molar-refractivity contribution in [2.75, 3.05) is 13.7 Å². The third-order valence-electron chi connectivity index (χ3n) is 4.40. The van der Waals surface area contributed by atoms with Gasteiger partial charge in [0.05, 0.1) is 13.3 Å². The second kappa shape index (κ2) is 7.02. The molecule has 0 N–H and O–H groups in total. The standard InChI is InChI=1S/C18H25BrN2O2Si/c1-22-13-8-9-16(19)14(11-13)15-12-20-21(18(15)24(2,3)4)17-7-5-6-10-23-17/h8-9,11-12,17H,5-7,10H2,1-4H3. The summed E-state index contributed by atoms with van der Waals surface area (Å²) >= 11 is 3.69. The van der Waals surface area contributed by atoms with Crippen molar-refractivity contribution in [3.8, 4) is 16.9 Å². The van der Waals surface area contributed by atoms with E-state index in [-0.39, 0.29) is 6.23 Å². The van der Waals surface area contributed by atoms with E-state index in [1.54, 1.807) is 7.11 Å². The van der Waals surface area contributed by atoms with Crippen molar-refractivity contribution in [1.82, 2.24) is 9.78 Å². The molecule has 1 atom stereocenters. The maximum absolute atomic E-state index is 6.01. The number of hydrogen-bond acceptors (Lipinski definition) is 3. The molecule has 0 bridgehead atoms. The fourth-order valence-electron chi connectivity index (χ4n) is 3.28. The van der Waals surface area contributed by atoms with Crippen molar-refractivity contribution >= 4 is 29.3 Å². The van der Waals surface area contributed by atoms with Crippen LogP contribution < -0.4 is 10.1 Å². The van der Waals surface area contributed by atoms with Gasteiger partial charge in [0.15, 0.2) is 0 Å². The van der Waals surface area contributed by atoms with Gasteiger partial charge in [0.25, 0.3) is 0 Å². The van der Waals surface area contributed by atoms with Crippen molar-refractivity contribution in [2.24, 2.45) is 0 Å². The molecule has 24 heavy (non-hydrogen) atoms. The van der Waals surface area contributed by atoms with E-state index < -0.39 is 8.07 Å². The van der Waals surface area contributed by atoms with Crippen LogP contribution in [0.1, 0.15) is 25.5 Å². The fraction of sp³-hybridized carbons (Fsp3) is 0.500. The summed E-state index contributed by atoms with van der Waals surface area (Å²) in [5.41, 5.74) is 2.32. The van der Waals surface area contributed by atoms with Gasteiger partial charge in [0, 0.05) is 27.5 Å². The molecule has 130 valence electrons. The predicted molar refractivity (Wildman–Crippen MR) is 104 cm³/mol. The number of hydrogen-bond donors (Lipinski definition) is 0. The summed E-state index contributed by atoms with van der Waals surface area (Å²) in [6.45, 7) is 7.91. The molecular weight excluding hydrogens is 384 g/mol. The first-order chi connectivity index (χ1) is 11.4. The molecule has 6 heteroatoms. The lowest BCUT2D eigenvalue weighted by atomic mass is 10.1. The quantitative estimate of drug-likeness (QED) is 0.695. The maximum atomic E-state index is 6.01. The van der Waals surface area contributed by atoms with E-state index in [2.05, 4.69) is 46.3 Å².